The molecule has 0 saturated heterocycles. The number of thioether (sulfide) groups is 1. The van der Waals surface area contributed by atoms with E-state index in [-0.39, 0.29) is 11.7 Å². The zero-order chi connectivity index (χ0) is 16.2. The number of nitrogens with one attached hydrogen (secondary N) is 2. The van der Waals surface area contributed by atoms with Crippen LogP contribution in [0.3, 0.4) is 0 Å². The van der Waals surface area contributed by atoms with Crippen molar-refractivity contribution in [3.63, 3.8) is 0 Å². The first-order valence-corrected chi connectivity index (χ1v) is 8.55. The van der Waals surface area contributed by atoms with Crippen molar-refractivity contribution in [2.75, 3.05) is 5.75 Å². The molecule has 118 valence electrons. The van der Waals surface area contributed by atoms with E-state index in [1.165, 1.54) is 29.4 Å². The number of furan rings is 1. The molecule has 1 aromatic carbocycles. The normalized spacial score (nSPS) is 10.7. The van der Waals surface area contributed by atoms with Crippen LogP contribution >= 0.6 is 23.1 Å². The number of thiazole rings is 1. The molecule has 23 heavy (non-hydrogen) atoms. The number of aryl methyl sites for hydroxylation is 1. The number of amides is 2. The summed E-state index contributed by atoms with van der Waals surface area (Å²) in [5, 5.41) is 0. The summed E-state index contributed by atoms with van der Waals surface area (Å²) in [7, 11) is 0. The second kappa shape index (κ2) is 6.84. The van der Waals surface area contributed by atoms with Gasteiger partial charge in [-0.3, -0.25) is 20.4 Å². The maximum Gasteiger partial charge on any atom is 0.273 e. The van der Waals surface area contributed by atoms with Crippen LogP contribution in [0, 0.1) is 6.92 Å². The van der Waals surface area contributed by atoms with E-state index in [4.69, 9.17) is 4.42 Å². The first kappa shape index (κ1) is 15.6. The lowest BCUT2D eigenvalue weighted by Crippen LogP contribution is -2.42. The molecule has 0 atom stereocenters. The molecule has 0 aliphatic rings. The average Bonchev–Trinajstić information content (AvgIpc) is 3.16. The molecule has 2 heterocycles. The van der Waals surface area contributed by atoms with Crippen molar-refractivity contribution in [2.45, 2.75) is 11.3 Å². The van der Waals surface area contributed by atoms with Gasteiger partial charge in [-0.1, -0.05) is 23.9 Å². The molecule has 0 aliphatic heterocycles. The van der Waals surface area contributed by atoms with E-state index in [1.54, 1.807) is 13.0 Å². The van der Waals surface area contributed by atoms with Crippen molar-refractivity contribution in [1.82, 2.24) is 15.8 Å². The predicted octanol–water partition coefficient (Wildman–Crippen LogP) is 2.75. The highest BCUT2D eigenvalue weighted by molar-refractivity contribution is 8.01. The molecule has 0 aliphatic carbocycles. The first-order chi connectivity index (χ1) is 11.1. The van der Waals surface area contributed by atoms with Gasteiger partial charge in [-0.15, -0.1) is 11.3 Å². The number of carbonyl (C=O) groups is 2. The summed E-state index contributed by atoms with van der Waals surface area (Å²) in [4.78, 5) is 28.1. The number of hydrazine groups is 1. The summed E-state index contributed by atoms with van der Waals surface area (Å²) in [5.74, 6) is -0.0382. The van der Waals surface area contributed by atoms with Gasteiger partial charge in [-0.2, -0.15) is 0 Å². The van der Waals surface area contributed by atoms with Crippen LogP contribution < -0.4 is 10.9 Å². The summed E-state index contributed by atoms with van der Waals surface area (Å²) in [6.07, 6.45) is 1.43. The molecule has 0 unspecified atom stereocenters. The topological polar surface area (TPSA) is 84.2 Å². The number of benzene rings is 1. The quantitative estimate of drug-likeness (QED) is 0.560. The molecule has 3 aromatic rings. The largest absolute Gasteiger partial charge is 0.469 e. The summed E-state index contributed by atoms with van der Waals surface area (Å²) in [5.41, 5.74) is 6.05. The molecule has 2 amide bonds. The van der Waals surface area contributed by atoms with Crippen molar-refractivity contribution in [3.8, 4) is 0 Å². The number of para-hydroxylation sites is 1. The molecule has 3 rings (SSSR count). The lowest BCUT2D eigenvalue weighted by Gasteiger charge is -2.05. The number of aromatic nitrogens is 1. The molecule has 2 aromatic heterocycles. The zero-order valence-corrected chi connectivity index (χ0v) is 13.8. The Morgan fingerprint density at radius 2 is 2.09 bits per heavy atom. The van der Waals surface area contributed by atoms with E-state index in [1.807, 2.05) is 24.3 Å². The van der Waals surface area contributed by atoms with Gasteiger partial charge in [-0.05, 0) is 25.1 Å². The molecule has 2 N–H and O–H groups in total. The second-order valence-electron chi connectivity index (χ2n) is 4.63. The fourth-order valence-corrected chi connectivity index (χ4v) is 3.76. The Kier molecular flexibility index (Phi) is 4.63. The minimum atomic E-state index is -0.408. The third-order valence-corrected chi connectivity index (χ3v) is 5.20. The van der Waals surface area contributed by atoms with E-state index in [2.05, 4.69) is 15.8 Å². The Morgan fingerprint density at radius 3 is 2.83 bits per heavy atom. The minimum Gasteiger partial charge on any atom is -0.469 e. The maximum absolute atomic E-state index is 11.8. The summed E-state index contributed by atoms with van der Waals surface area (Å²) in [6, 6.07) is 9.35. The van der Waals surface area contributed by atoms with E-state index in [9.17, 15) is 9.59 Å². The minimum absolute atomic E-state index is 0.171. The summed E-state index contributed by atoms with van der Waals surface area (Å²) in [6.45, 7) is 1.68. The molecule has 0 spiro atoms. The average molecular weight is 347 g/mol. The first-order valence-electron chi connectivity index (χ1n) is 6.75. The Hall–Kier alpha value is -2.32. The number of carbonyl (C=O) groups excluding carboxylic acids is 2. The van der Waals surface area contributed by atoms with Gasteiger partial charge in [0.15, 0.2) is 4.34 Å². The number of rotatable bonds is 4. The van der Waals surface area contributed by atoms with E-state index in [0.29, 0.717) is 11.3 Å². The molecule has 0 radical (unpaired) electrons. The molecule has 0 fully saturated rings. The lowest BCUT2D eigenvalue weighted by atomic mass is 10.2. The van der Waals surface area contributed by atoms with Gasteiger partial charge in [0.1, 0.15) is 5.76 Å². The predicted molar refractivity (Wildman–Crippen MR) is 89.4 cm³/mol. The van der Waals surface area contributed by atoms with Crippen molar-refractivity contribution >= 4 is 45.1 Å². The van der Waals surface area contributed by atoms with Gasteiger partial charge in [0.2, 0.25) is 5.91 Å². The molecule has 0 bridgehead atoms. The van der Waals surface area contributed by atoms with Gasteiger partial charge in [0, 0.05) is 0 Å². The van der Waals surface area contributed by atoms with Crippen molar-refractivity contribution in [2.24, 2.45) is 0 Å². The van der Waals surface area contributed by atoms with Gasteiger partial charge in [0.25, 0.3) is 5.91 Å². The summed E-state index contributed by atoms with van der Waals surface area (Å²) >= 11 is 2.87. The van der Waals surface area contributed by atoms with Crippen LogP contribution in [0.2, 0.25) is 0 Å². The molecule has 6 nitrogen and oxygen atoms in total. The van der Waals surface area contributed by atoms with Gasteiger partial charge in [-0.25, -0.2) is 4.98 Å². The Balaban J connectivity index is 1.50. The SMILES string of the molecule is Cc1occc1C(=O)NNC(=O)CSc1nc2ccccc2s1. The zero-order valence-electron chi connectivity index (χ0n) is 12.2. The number of fused-ring (bicyclic) bond motifs is 1. The maximum atomic E-state index is 11.8. The van der Waals surface area contributed by atoms with Crippen LogP contribution in [0.15, 0.2) is 45.4 Å². The number of hydrogen-bond acceptors (Lipinski definition) is 6. The number of hydrogen-bond donors (Lipinski definition) is 2. The van der Waals surface area contributed by atoms with Crippen LogP contribution in [0.4, 0.5) is 0 Å². The highest BCUT2D eigenvalue weighted by Gasteiger charge is 2.13. The molecule has 0 saturated carbocycles. The molecular weight excluding hydrogens is 334 g/mol. The van der Waals surface area contributed by atoms with Crippen molar-refractivity contribution < 1.29 is 14.0 Å². The van der Waals surface area contributed by atoms with E-state index >= 15 is 0 Å². The van der Waals surface area contributed by atoms with Crippen molar-refractivity contribution in [3.05, 3.63) is 47.9 Å². The van der Waals surface area contributed by atoms with Crippen LogP contribution in [0.1, 0.15) is 16.1 Å². The standard InChI is InChI=1S/C15H13N3O3S2/c1-9-10(6-7-21-9)14(20)18-17-13(19)8-22-15-16-11-4-2-3-5-12(11)23-15/h2-7H,8H2,1H3,(H,17,19)(H,18,20). The highest BCUT2D eigenvalue weighted by Crippen LogP contribution is 2.28. The van der Waals surface area contributed by atoms with E-state index in [0.717, 1.165) is 14.6 Å². The van der Waals surface area contributed by atoms with E-state index < -0.39 is 5.91 Å². The Labute approximate surface area is 140 Å². The third-order valence-electron chi connectivity index (χ3n) is 3.02. The number of nitrogens with zero attached hydrogens (tertiary/aromatic N) is 1. The van der Waals surface area contributed by atoms with Gasteiger partial charge < -0.3 is 4.42 Å². The van der Waals surface area contributed by atoms with Gasteiger partial charge in [0.05, 0.1) is 27.8 Å². The monoisotopic (exact) mass is 347 g/mol. The fraction of sp³-hybridized carbons (Fsp3) is 0.133. The Bertz CT molecular complexity index is 823. The van der Waals surface area contributed by atoms with Crippen LogP contribution in [-0.4, -0.2) is 22.6 Å². The summed E-state index contributed by atoms with van der Waals surface area (Å²) < 4.78 is 6.94. The van der Waals surface area contributed by atoms with Crippen LogP contribution in [0.25, 0.3) is 10.2 Å². The van der Waals surface area contributed by atoms with Crippen LogP contribution in [0.5, 0.6) is 0 Å². The fourth-order valence-electron chi connectivity index (χ4n) is 1.89. The third kappa shape index (κ3) is 3.72. The second-order valence-corrected chi connectivity index (χ2v) is 6.88. The highest BCUT2D eigenvalue weighted by atomic mass is 32.2. The van der Waals surface area contributed by atoms with Crippen LogP contribution in [-0.2, 0) is 4.79 Å². The Morgan fingerprint density at radius 1 is 1.26 bits per heavy atom. The smallest absolute Gasteiger partial charge is 0.273 e. The van der Waals surface area contributed by atoms with Crippen molar-refractivity contribution in [1.29, 1.82) is 0 Å². The lowest BCUT2D eigenvalue weighted by molar-refractivity contribution is -0.119. The molecular formula is C15H13N3O3S2. The van der Waals surface area contributed by atoms with Gasteiger partial charge >= 0.3 is 0 Å². The molecule has 8 heteroatoms.